The lowest BCUT2D eigenvalue weighted by Crippen LogP contribution is -2.51. The van der Waals surface area contributed by atoms with E-state index >= 15 is 0 Å². The first-order chi connectivity index (χ1) is 10.9. The van der Waals surface area contributed by atoms with Gasteiger partial charge in [0.05, 0.1) is 28.6 Å². The highest BCUT2D eigenvalue weighted by molar-refractivity contribution is 6.42. The molecule has 0 spiro atoms. The number of carbonyl (C=O) groups is 1. The Kier molecular flexibility index (Phi) is 6.05. The fourth-order valence-electron chi connectivity index (χ4n) is 2.40. The van der Waals surface area contributed by atoms with E-state index in [9.17, 15) is 9.90 Å². The van der Waals surface area contributed by atoms with Crippen molar-refractivity contribution in [3.05, 3.63) is 69.7 Å². The average Bonchev–Trinajstić information content (AvgIpc) is 2.51. The van der Waals surface area contributed by atoms with Crippen molar-refractivity contribution in [1.29, 1.82) is 0 Å². The van der Waals surface area contributed by atoms with Crippen molar-refractivity contribution in [3.8, 4) is 0 Å². The van der Waals surface area contributed by atoms with E-state index in [0.29, 0.717) is 16.5 Å². The maximum absolute atomic E-state index is 12.2. The zero-order chi connectivity index (χ0) is 16.9. The van der Waals surface area contributed by atoms with Gasteiger partial charge in [0.2, 0.25) is 5.91 Å². The molecule has 0 heterocycles. The van der Waals surface area contributed by atoms with Gasteiger partial charge in [0.25, 0.3) is 0 Å². The van der Waals surface area contributed by atoms with Crippen molar-refractivity contribution in [2.45, 2.75) is 25.3 Å². The second kappa shape index (κ2) is 7.82. The van der Waals surface area contributed by atoms with E-state index in [1.807, 2.05) is 36.4 Å². The molecule has 0 bridgehead atoms. The van der Waals surface area contributed by atoms with Crippen LogP contribution in [0.2, 0.25) is 10.0 Å². The first-order valence-corrected chi connectivity index (χ1v) is 8.07. The number of benzene rings is 2. The van der Waals surface area contributed by atoms with Crippen LogP contribution in [0.4, 0.5) is 0 Å². The van der Waals surface area contributed by atoms with Gasteiger partial charge in [-0.3, -0.25) is 4.79 Å². The second-order valence-electron chi connectivity index (χ2n) is 5.85. The average molecular weight is 352 g/mol. The zero-order valence-electron chi connectivity index (χ0n) is 12.9. The number of carbonyl (C=O) groups excluding carboxylic acids is 1. The van der Waals surface area contributed by atoms with E-state index in [-0.39, 0.29) is 18.9 Å². The van der Waals surface area contributed by atoms with Gasteiger partial charge in [-0.2, -0.15) is 0 Å². The summed E-state index contributed by atoms with van der Waals surface area (Å²) in [7, 11) is 0. The van der Waals surface area contributed by atoms with Crippen molar-refractivity contribution in [1.82, 2.24) is 5.32 Å². The van der Waals surface area contributed by atoms with Crippen LogP contribution in [0.1, 0.15) is 18.1 Å². The minimum absolute atomic E-state index is 0.132. The van der Waals surface area contributed by atoms with E-state index in [1.165, 1.54) is 0 Å². The molecule has 0 aliphatic carbocycles. The van der Waals surface area contributed by atoms with Crippen LogP contribution in [0.5, 0.6) is 0 Å². The van der Waals surface area contributed by atoms with Crippen molar-refractivity contribution in [3.63, 3.8) is 0 Å². The number of hydrogen-bond acceptors (Lipinski definition) is 2. The quantitative estimate of drug-likeness (QED) is 0.834. The van der Waals surface area contributed by atoms with Gasteiger partial charge in [0.15, 0.2) is 0 Å². The molecule has 23 heavy (non-hydrogen) atoms. The molecule has 122 valence electrons. The lowest BCUT2D eigenvalue weighted by atomic mass is 9.93. The van der Waals surface area contributed by atoms with Crippen LogP contribution in [0.15, 0.2) is 48.5 Å². The first kappa shape index (κ1) is 17.8. The fraction of sp³-hybridized carbons (Fsp3) is 0.278. The van der Waals surface area contributed by atoms with Gasteiger partial charge >= 0.3 is 0 Å². The maximum Gasteiger partial charge on any atom is 0.224 e. The molecule has 0 saturated heterocycles. The number of halogens is 2. The van der Waals surface area contributed by atoms with Crippen molar-refractivity contribution in [2.75, 3.05) is 6.61 Å². The molecular weight excluding hydrogens is 333 g/mol. The van der Waals surface area contributed by atoms with Crippen LogP contribution >= 0.6 is 23.2 Å². The van der Waals surface area contributed by atoms with Crippen molar-refractivity contribution in [2.24, 2.45) is 0 Å². The highest BCUT2D eigenvalue weighted by Gasteiger charge is 2.26. The lowest BCUT2D eigenvalue weighted by molar-refractivity contribution is -0.122. The van der Waals surface area contributed by atoms with Crippen LogP contribution in [-0.4, -0.2) is 23.2 Å². The molecule has 0 aliphatic rings. The van der Waals surface area contributed by atoms with Gasteiger partial charge in [0, 0.05) is 0 Å². The Morgan fingerprint density at radius 1 is 1.09 bits per heavy atom. The minimum Gasteiger partial charge on any atom is -0.394 e. The summed E-state index contributed by atoms with van der Waals surface area (Å²) in [5, 5.41) is 13.6. The zero-order valence-corrected chi connectivity index (χ0v) is 14.4. The Bertz CT molecular complexity index is 676. The monoisotopic (exact) mass is 351 g/mol. The number of aliphatic hydroxyl groups excluding tert-OH is 1. The molecule has 2 N–H and O–H groups in total. The number of amides is 1. The van der Waals surface area contributed by atoms with Crippen molar-refractivity contribution >= 4 is 29.1 Å². The van der Waals surface area contributed by atoms with Crippen LogP contribution in [-0.2, 0) is 17.6 Å². The van der Waals surface area contributed by atoms with Crippen LogP contribution < -0.4 is 5.32 Å². The molecule has 2 aromatic rings. The number of aliphatic hydroxyl groups is 1. The van der Waals surface area contributed by atoms with E-state index < -0.39 is 5.54 Å². The minimum atomic E-state index is -0.761. The second-order valence-corrected chi connectivity index (χ2v) is 6.67. The molecule has 0 aromatic heterocycles. The molecule has 0 aliphatic heterocycles. The van der Waals surface area contributed by atoms with Gasteiger partial charge in [-0.25, -0.2) is 0 Å². The third-order valence-corrected chi connectivity index (χ3v) is 4.32. The molecule has 1 atom stereocenters. The summed E-state index contributed by atoms with van der Waals surface area (Å²) >= 11 is 11.9. The van der Waals surface area contributed by atoms with Crippen LogP contribution in [0.3, 0.4) is 0 Å². The molecule has 1 amide bonds. The van der Waals surface area contributed by atoms with Gasteiger partial charge in [-0.05, 0) is 36.6 Å². The Labute approximate surface area is 146 Å². The molecule has 0 fully saturated rings. The standard InChI is InChI=1S/C18H19Cl2NO2/c1-18(12-22,11-14-7-8-15(19)16(20)9-14)21-17(23)10-13-5-3-2-4-6-13/h2-9,22H,10-12H2,1H3,(H,21,23). The molecule has 1 unspecified atom stereocenters. The number of nitrogens with one attached hydrogen (secondary N) is 1. The highest BCUT2D eigenvalue weighted by atomic mass is 35.5. The molecule has 3 nitrogen and oxygen atoms in total. The third kappa shape index (κ3) is 5.24. The summed E-state index contributed by atoms with van der Waals surface area (Å²) in [6.45, 7) is 1.63. The molecule has 2 rings (SSSR count). The maximum atomic E-state index is 12.2. The largest absolute Gasteiger partial charge is 0.394 e. The summed E-state index contributed by atoms with van der Waals surface area (Å²) in [5.74, 6) is -0.132. The van der Waals surface area contributed by atoms with Gasteiger partial charge in [-0.15, -0.1) is 0 Å². The Morgan fingerprint density at radius 3 is 2.39 bits per heavy atom. The normalized spacial score (nSPS) is 13.4. The predicted octanol–water partition coefficient (Wildman–Crippen LogP) is 3.65. The van der Waals surface area contributed by atoms with Crippen molar-refractivity contribution < 1.29 is 9.90 Å². The molecule has 0 radical (unpaired) electrons. The summed E-state index contributed by atoms with van der Waals surface area (Å²) in [5.41, 5.74) is 1.07. The molecular formula is C18H19Cl2NO2. The van der Waals surface area contributed by atoms with Crippen LogP contribution in [0, 0.1) is 0 Å². The number of hydrogen-bond donors (Lipinski definition) is 2. The highest BCUT2D eigenvalue weighted by Crippen LogP contribution is 2.24. The summed E-state index contributed by atoms with van der Waals surface area (Å²) in [6.07, 6.45) is 0.735. The Morgan fingerprint density at radius 2 is 1.78 bits per heavy atom. The summed E-state index contributed by atoms with van der Waals surface area (Å²) < 4.78 is 0. The first-order valence-electron chi connectivity index (χ1n) is 7.31. The molecule has 5 heteroatoms. The fourth-order valence-corrected chi connectivity index (χ4v) is 2.72. The topological polar surface area (TPSA) is 49.3 Å². The predicted molar refractivity (Wildman–Crippen MR) is 93.9 cm³/mol. The van der Waals surface area contributed by atoms with E-state index in [2.05, 4.69) is 5.32 Å². The number of rotatable bonds is 6. The smallest absolute Gasteiger partial charge is 0.224 e. The van der Waals surface area contributed by atoms with Gasteiger partial charge in [0.1, 0.15) is 0 Å². The van der Waals surface area contributed by atoms with E-state index in [0.717, 1.165) is 11.1 Å². The molecule has 2 aromatic carbocycles. The third-order valence-electron chi connectivity index (χ3n) is 3.58. The summed E-state index contributed by atoms with van der Waals surface area (Å²) in [6, 6.07) is 14.8. The Balaban J connectivity index is 2.04. The summed E-state index contributed by atoms with van der Waals surface area (Å²) in [4.78, 5) is 12.2. The van der Waals surface area contributed by atoms with Gasteiger partial charge < -0.3 is 10.4 Å². The SMILES string of the molecule is CC(CO)(Cc1ccc(Cl)c(Cl)c1)NC(=O)Cc1ccccc1. The Hall–Kier alpha value is -1.55. The van der Waals surface area contributed by atoms with E-state index in [4.69, 9.17) is 23.2 Å². The van der Waals surface area contributed by atoms with Gasteiger partial charge in [-0.1, -0.05) is 59.6 Å². The lowest BCUT2D eigenvalue weighted by Gasteiger charge is -2.29. The van der Waals surface area contributed by atoms with E-state index in [1.54, 1.807) is 19.1 Å². The molecule has 0 saturated carbocycles. The van der Waals surface area contributed by atoms with Crippen LogP contribution in [0.25, 0.3) is 0 Å².